The summed E-state index contributed by atoms with van der Waals surface area (Å²) >= 11 is 6.28. The molecule has 0 bridgehead atoms. The fourth-order valence-electron chi connectivity index (χ4n) is 5.17. The topological polar surface area (TPSA) is 76.5 Å². The zero-order valence-corrected chi connectivity index (χ0v) is 22.7. The van der Waals surface area contributed by atoms with Crippen molar-refractivity contribution in [1.29, 1.82) is 0 Å². The molecule has 2 aromatic carbocycles. The van der Waals surface area contributed by atoms with Crippen LogP contribution >= 0.6 is 24.0 Å². The van der Waals surface area contributed by atoms with E-state index in [9.17, 15) is 8.42 Å². The van der Waals surface area contributed by atoms with Crippen molar-refractivity contribution in [2.75, 3.05) is 26.2 Å². The number of imidazole rings is 1. The summed E-state index contributed by atoms with van der Waals surface area (Å²) in [7, 11) is -1.91. The number of nitrogens with zero attached hydrogens (tertiary/aromatic N) is 3. The number of hydrogen-bond donors (Lipinski definition) is 1. The number of fused-ring (bicyclic) bond motifs is 1. The van der Waals surface area contributed by atoms with Gasteiger partial charge in [-0.1, -0.05) is 29.8 Å². The highest BCUT2D eigenvalue weighted by Gasteiger charge is 2.36. The average molecular weight is 552 g/mol. The van der Waals surface area contributed by atoms with Crippen LogP contribution < -0.4 is 9.46 Å². The van der Waals surface area contributed by atoms with Gasteiger partial charge >= 0.3 is 0 Å². The van der Waals surface area contributed by atoms with Crippen molar-refractivity contribution in [2.24, 2.45) is 7.05 Å². The molecule has 1 aliphatic carbocycles. The number of benzene rings is 2. The first-order chi connectivity index (χ1) is 16.9. The van der Waals surface area contributed by atoms with Crippen molar-refractivity contribution in [3.8, 4) is 5.75 Å². The minimum Gasteiger partial charge on any atom is -0.492 e. The van der Waals surface area contributed by atoms with Crippen molar-refractivity contribution in [2.45, 2.75) is 42.7 Å². The third-order valence-corrected chi connectivity index (χ3v) is 8.60. The highest BCUT2D eigenvalue weighted by atomic mass is 35.5. The van der Waals surface area contributed by atoms with Crippen molar-refractivity contribution >= 4 is 34.0 Å². The van der Waals surface area contributed by atoms with Crippen molar-refractivity contribution < 1.29 is 13.2 Å². The summed E-state index contributed by atoms with van der Waals surface area (Å²) in [6, 6.07) is 15.0. The van der Waals surface area contributed by atoms with Gasteiger partial charge in [0.05, 0.1) is 6.33 Å². The normalized spacial score (nSPS) is 19.7. The summed E-state index contributed by atoms with van der Waals surface area (Å²) in [6.45, 7) is 2.73. The first kappa shape index (κ1) is 26.9. The molecule has 36 heavy (non-hydrogen) atoms. The van der Waals surface area contributed by atoms with E-state index >= 15 is 0 Å². The van der Waals surface area contributed by atoms with Gasteiger partial charge in [0.2, 0.25) is 0 Å². The molecule has 0 amide bonds. The predicted molar refractivity (Wildman–Crippen MR) is 144 cm³/mol. The van der Waals surface area contributed by atoms with Gasteiger partial charge in [0.25, 0.3) is 10.0 Å². The zero-order chi connectivity index (χ0) is 24.4. The average Bonchev–Trinajstić information content (AvgIpc) is 3.24. The van der Waals surface area contributed by atoms with Crippen molar-refractivity contribution in [3.05, 3.63) is 76.7 Å². The van der Waals surface area contributed by atoms with E-state index in [2.05, 4.69) is 38.9 Å². The number of aryl methyl sites for hydroxylation is 2. The van der Waals surface area contributed by atoms with Gasteiger partial charge in [0.1, 0.15) is 12.4 Å². The van der Waals surface area contributed by atoms with E-state index in [1.165, 1.54) is 48.7 Å². The van der Waals surface area contributed by atoms with Gasteiger partial charge in [0, 0.05) is 36.8 Å². The second-order valence-electron chi connectivity index (χ2n) is 9.42. The Morgan fingerprint density at radius 1 is 1.19 bits per heavy atom. The molecule has 2 unspecified atom stereocenters. The van der Waals surface area contributed by atoms with Crippen LogP contribution in [0.25, 0.3) is 0 Å². The van der Waals surface area contributed by atoms with E-state index in [1.807, 2.05) is 18.2 Å². The summed E-state index contributed by atoms with van der Waals surface area (Å²) in [6.07, 6.45) is 7.36. The Labute approximate surface area is 224 Å². The van der Waals surface area contributed by atoms with Crippen LogP contribution in [0.3, 0.4) is 0 Å². The van der Waals surface area contributed by atoms with Gasteiger partial charge in [0.15, 0.2) is 5.03 Å². The van der Waals surface area contributed by atoms with Crippen molar-refractivity contribution in [1.82, 2.24) is 19.2 Å². The van der Waals surface area contributed by atoms with Crippen molar-refractivity contribution in [3.63, 3.8) is 0 Å². The minimum atomic E-state index is -3.65. The van der Waals surface area contributed by atoms with Gasteiger partial charge in [-0.05, 0) is 79.7 Å². The van der Waals surface area contributed by atoms with E-state index in [0.29, 0.717) is 12.0 Å². The van der Waals surface area contributed by atoms with Gasteiger partial charge in [-0.25, -0.2) is 18.1 Å². The van der Waals surface area contributed by atoms with E-state index in [-0.39, 0.29) is 30.6 Å². The maximum Gasteiger partial charge on any atom is 0.259 e. The van der Waals surface area contributed by atoms with Gasteiger partial charge in [-0.15, -0.1) is 12.4 Å². The lowest BCUT2D eigenvalue weighted by Gasteiger charge is -2.45. The van der Waals surface area contributed by atoms with E-state index in [4.69, 9.17) is 16.3 Å². The van der Waals surface area contributed by atoms with E-state index < -0.39 is 10.0 Å². The van der Waals surface area contributed by atoms with Crippen LogP contribution in [0.4, 0.5) is 0 Å². The Balaban J connectivity index is 0.00000304. The van der Waals surface area contributed by atoms with Crippen LogP contribution in [0.15, 0.2) is 60.0 Å². The van der Waals surface area contributed by atoms with Crippen LogP contribution in [0.2, 0.25) is 5.02 Å². The number of ether oxygens (including phenoxy) is 1. The lowest BCUT2D eigenvalue weighted by atomic mass is 9.75. The molecule has 1 N–H and O–H groups in total. The SMILES string of the molecule is Cl.Cn1cnc(S(=O)(=O)NCCOc2ccc3c(c2)C(Cc2cccc(Cl)c2)C(N2CCC2)CC3)c1. The molecular weight excluding hydrogens is 519 g/mol. The van der Waals surface area contributed by atoms with Gasteiger partial charge in [-0.2, -0.15) is 0 Å². The molecule has 194 valence electrons. The first-order valence-electron chi connectivity index (χ1n) is 12.1. The molecule has 3 aromatic rings. The summed E-state index contributed by atoms with van der Waals surface area (Å²) in [5.41, 5.74) is 3.95. The number of nitrogens with one attached hydrogen (secondary N) is 1. The third-order valence-electron chi connectivity index (χ3n) is 7.01. The minimum absolute atomic E-state index is 0. The molecule has 2 aliphatic rings. The Kier molecular flexibility index (Phi) is 8.63. The Morgan fingerprint density at radius 3 is 2.72 bits per heavy atom. The maximum absolute atomic E-state index is 12.4. The monoisotopic (exact) mass is 550 g/mol. The number of sulfonamides is 1. The Morgan fingerprint density at radius 2 is 2.03 bits per heavy atom. The summed E-state index contributed by atoms with van der Waals surface area (Å²) in [4.78, 5) is 6.52. The molecule has 0 radical (unpaired) electrons. The Hall–Kier alpha value is -2.10. The lowest BCUT2D eigenvalue weighted by molar-refractivity contribution is 0.0876. The molecule has 1 aliphatic heterocycles. The standard InChI is InChI=1S/C26H31ClN4O3S.ClH/c1-30-17-26(28-18-30)35(32,33)29-10-13-34-22-8-6-20-7-9-25(31-11-3-12-31)24(23(20)16-22)15-19-4-2-5-21(27)14-19;/h2,4-6,8,14,16-18,24-25,29H,3,7,9-13,15H2,1H3;1H. The molecule has 1 aromatic heterocycles. The number of aromatic nitrogens is 2. The summed E-state index contributed by atoms with van der Waals surface area (Å²) < 4.78 is 34.9. The molecular formula is C26H32Cl2N4O3S. The van der Waals surface area contributed by atoms with Crippen LogP contribution in [-0.4, -0.2) is 55.2 Å². The molecule has 2 atom stereocenters. The number of hydrogen-bond acceptors (Lipinski definition) is 5. The number of rotatable bonds is 9. The quantitative estimate of drug-likeness (QED) is 0.404. The first-order valence-corrected chi connectivity index (χ1v) is 14.0. The number of halogens is 2. The molecule has 10 heteroatoms. The second-order valence-corrected chi connectivity index (χ2v) is 11.6. The van der Waals surface area contributed by atoms with E-state index in [1.54, 1.807) is 11.6 Å². The smallest absolute Gasteiger partial charge is 0.259 e. The largest absolute Gasteiger partial charge is 0.492 e. The van der Waals surface area contributed by atoms with Gasteiger partial charge < -0.3 is 9.30 Å². The van der Waals surface area contributed by atoms with E-state index in [0.717, 1.165) is 30.0 Å². The molecule has 1 fully saturated rings. The summed E-state index contributed by atoms with van der Waals surface area (Å²) in [5.74, 6) is 1.13. The van der Waals surface area contributed by atoms with Crippen LogP contribution in [0, 0.1) is 0 Å². The van der Waals surface area contributed by atoms with Crippen LogP contribution in [0.1, 0.15) is 35.4 Å². The zero-order valence-electron chi connectivity index (χ0n) is 20.3. The Bertz CT molecular complexity index is 1290. The highest BCUT2D eigenvalue weighted by molar-refractivity contribution is 7.89. The lowest BCUT2D eigenvalue weighted by Crippen LogP contribution is -2.49. The third kappa shape index (κ3) is 6.06. The fourth-order valence-corrected chi connectivity index (χ4v) is 6.37. The predicted octanol–water partition coefficient (Wildman–Crippen LogP) is 4.20. The summed E-state index contributed by atoms with van der Waals surface area (Å²) in [5, 5.41) is 0.777. The number of likely N-dealkylation sites (tertiary alicyclic amines) is 1. The fraction of sp³-hybridized carbons (Fsp3) is 0.423. The van der Waals surface area contributed by atoms with Crippen LogP contribution in [-0.2, 0) is 29.9 Å². The molecule has 2 heterocycles. The molecule has 0 saturated carbocycles. The molecule has 7 nitrogen and oxygen atoms in total. The molecule has 0 spiro atoms. The molecule has 1 saturated heterocycles. The maximum atomic E-state index is 12.4. The van der Waals surface area contributed by atoms with Gasteiger partial charge in [-0.3, -0.25) is 4.90 Å². The van der Waals surface area contributed by atoms with Crippen LogP contribution in [0.5, 0.6) is 5.75 Å². The molecule has 5 rings (SSSR count). The second kappa shape index (κ2) is 11.5. The highest BCUT2D eigenvalue weighted by Crippen LogP contribution is 2.40.